The molecule has 0 aliphatic rings. The second-order valence-corrected chi connectivity index (χ2v) is 12.9. The monoisotopic (exact) mass is 923 g/mol. The molecule has 24 heteroatoms. The topological polar surface area (TPSA) is 20.9 Å². The fraction of sp³-hybridized carbons (Fsp3) is 0.0526. The summed E-state index contributed by atoms with van der Waals surface area (Å²) in [6, 6.07) is 13.3. The van der Waals surface area contributed by atoms with Crippen LogP contribution in [0, 0.1) is 116 Å². The van der Waals surface area contributed by atoms with Gasteiger partial charge in [0, 0.05) is 23.4 Å². The highest BCUT2D eigenvalue weighted by Crippen LogP contribution is 2.30. The summed E-state index contributed by atoms with van der Waals surface area (Å²) in [5.41, 5.74) is -12.4. The summed E-state index contributed by atoms with van der Waals surface area (Å²) in [5.74, 6) is -70.6. The lowest BCUT2D eigenvalue weighted by Gasteiger charge is -2.44. The molecule has 0 amide bonds. The molecule has 0 aliphatic heterocycles. The molecule has 5 aromatic carbocycles. The van der Waals surface area contributed by atoms with Crippen molar-refractivity contribution in [3.05, 3.63) is 182 Å². The molecule has 6 aromatic rings. The summed E-state index contributed by atoms with van der Waals surface area (Å²) in [4.78, 5) is 11.9. The Morgan fingerprint density at radius 2 is 0.629 bits per heavy atom. The molecule has 6 rings (SSSR count). The zero-order valence-corrected chi connectivity index (χ0v) is 30.4. The third-order valence-electron chi connectivity index (χ3n) is 9.27. The van der Waals surface area contributed by atoms with Crippen molar-refractivity contribution in [2.75, 3.05) is 0 Å². The van der Waals surface area contributed by atoms with Crippen LogP contribution in [-0.4, -0.2) is 11.9 Å². The summed E-state index contributed by atoms with van der Waals surface area (Å²) >= 11 is 4.20. The molecule has 1 aromatic heterocycles. The first-order valence-corrected chi connectivity index (χ1v) is 17.0. The summed E-state index contributed by atoms with van der Waals surface area (Å²) in [6.45, 7) is 0.372. The van der Waals surface area contributed by atoms with Gasteiger partial charge in [-0.05, 0) is 5.56 Å². The number of halogens is 20. The van der Waals surface area contributed by atoms with Gasteiger partial charge in [-0.2, -0.15) is 17.2 Å². The van der Waals surface area contributed by atoms with Crippen molar-refractivity contribution in [3.8, 4) is 0 Å². The van der Waals surface area contributed by atoms with Crippen LogP contribution in [0.3, 0.4) is 0 Å². The average molecular weight is 923 g/mol. The van der Waals surface area contributed by atoms with Gasteiger partial charge in [-0.25, -0.2) is 87.8 Å². The highest BCUT2D eigenvalue weighted by molar-refractivity contribution is 7.79. The number of aromatic nitrogens is 1. The standard InChI is InChI=1S/C24BF20.C14H13NOS/c26-5-1(6(27)14(35)21(42)13(5)34)25(2-7(28)15(36)22(43)16(37)8(2)29,3-9(30)17(38)23(44)18(39)10(3)31)4-11(32)19(40)24(45)20(41)12(4)33;16-14(13-4-2-1-3-5-13)10-15-8-6-12(11-17)7-9-15/h;1-9H,10-11H2/q-1;/p+1. The van der Waals surface area contributed by atoms with Crippen LogP contribution in [-0.2, 0) is 12.3 Å². The molecule has 0 bridgehead atoms. The maximum absolute atomic E-state index is 15.4. The fourth-order valence-corrected chi connectivity index (χ4v) is 6.67. The van der Waals surface area contributed by atoms with Gasteiger partial charge in [0.2, 0.25) is 12.3 Å². The summed E-state index contributed by atoms with van der Waals surface area (Å²) in [6.07, 6.45) is -3.40. The molecule has 1 heterocycles. The minimum atomic E-state index is -7.22. The maximum Gasteiger partial charge on any atom is 0.227 e. The zero-order valence-electron chi connectivity index (χ0n) is 29.5. The first-order chi connectivity index (χ1) is 29.0. The number of hydrogen-bond acceptors (Lipinski definition) is 2. The number of nitrogens with zero attached hydrogens (tertiary/aromatic N) is 1. The Kier molecular flexibility index (Phi) is 13.4. The number of carbonyl (C=O) groups is 1. The Morgan fingerprint density at radius 1 is 0.387 bits per heavy atom. The lowest BCUT2D eigenvalue weighted by atomic mass is 9.12. The van der Waals surface area contributed by atoms with E-state index in [1.165, 1.54) is 0 Å². The predicted octanol–water partition coefficient (Wildman–Crippen LogP) is 8.13. The molecule has 2 nitrogen and oxygen atoms in total. The summed E-state index contributed by atoms with van der Waals surface area (Å²) in [7, 11) is 0. The van der Waals surface area contributed by atoms with Crippen molar-refractivity contribution in [2.45, 2.75) is 12.3 Å². The number of Topliss-reactive ketones (excluding diaryl/α,β-unsaturated/α-hetero) is 1. The number of pyridine rings is 1. The number of benzene rings is 5. The van der Waals surface area contributed by atoms with Gasteiger partial charge in [-0.1, -0.05) is 30.3 Å². The van der Waals surface area contributed by atoms with Crippen molar-refractivity contribution >= 4 is 46.4 Å². The van der Waals surface area contributed by atoms with Crippen LogP contribution in [0.25, 0.3) is 0 Å². The quantitative estimate of drug-likeness (QED) is 0.0312. The second kappa shape index (κ2) is 17.7. The molecule has 0 saturated heterocycles. The minimum Gasteiger partial charge on any atom is -0.287 e. The smallest absolute Gasteiger partial charge is 0.227 e. The molecule has 62 heavy (non-hydrogen) atoms. The van der Waals surface area contributed by atoms with Crippen molar-refractivity contribution in [1.29, 1.82) is 0 Å². The van der Waals surface area contributed by atoms with E-state index < -0.39 is 144 Å². The summed E-state index contributed by atoms with van der Waals surface area (Å²) < 4.78 is 296. The average Bonchev–Trinajstić information content (AvgIpc) is 3.27. The van der Waals surface area contributed by atoms with Crippen LogP contribution in [0.15, 0.2) is 54.9 Å². The lowest BCUT2D eigenvalue weighted by Crippen LogP contribution is -2.81. The Bertz CT molecular complexity index is 2390. The predicted molar refractivity (Wildman–Crippen MR) is 179 cm³/mol. The highest BCUT2D eigenvalue weighted by Gasteiger charge is 2.52. The third-order valence-corrected chi connectivity index (χ3v) is 9.64. The molecular formula is C38H14BF20NOS. The number of hydrogen-bond donors (Lipinski definition) is 1. The van der Waals surface area contributed by atoms with E-state index in [0.717, 1.165) is 11.1 Å². The Morgan fingerprint density at radius 3 is 0.871 bits per heavy atom. The molecule has 0 fully saturated rings. The summed E-state index contributed by atoms with van der Waals surface area (Å²) in [5, 5.41) is 0. The van der Waals surface area contributed by atoms with Crippen molar-refractivity contribution in [3.63, 3.8) is 0 Å². The van der Waals surface area contributed by atoms with E-state index in [4.69, 9.17) is 0 Å². The maximum atomic E-state index is 15.4. The van der Waals surface area contributed by atoms with Crippen LogP contribution in [0.4, 0.5) is 87.8 Å². The molecule has 0 N–H and O–H groups in total. The van der Waals surface area contributed by atoms with Crippen LogP contribution in [0.2, 0.25) is 0 Å². The molecule has 0 saturated carbocycles. The second-order valence-electron chi connectivity index (χ2n) is 12.6. The number of ketones is 1. The van der Waals surface area contributed by atoms with Gasteiger partial charge in [-0.15, -0.1) is 21.9 Å². The first kappa shape index (κ1) is 47.0. The molecular weight excluding hydrogens is 909 g/mol. The van der Waals surface area contributed by atoms with Gasteiger partial charge in [-0.3, -0.25) is 4.79 Å². The molecule has 326 valence electrons. The Labute approximate surface area is 338 Å². The minimum absolute atomic E-state index is 0.120. The van der Waals surface area contributed by atoms with E-state index in [2.05, 4.69) is 12.6 Å². The van der Waals surface area contributed by atoms with Gasteiger partial charge in [0.25, 0.3) is 0 Å². The molecule has 0 aliphatic carbocycles. The van der Waals surface area contributed by atoms with Crippen LogP contribution >= 0.6 is 12.6 Å². The van der Waals surface area contributed by atoms with Gasteiger partial charge in [0.1, 0.15) is 52.7 Å². The van der Waals surface area contributed by atoms with Crippen LogP contribution < -0.4 is 26.4 Å². The van der Waals surface area contributed by atoms with Crippen LogP contribution in [0.5, 0.6) is 0 Å². The van der Waals surface area contributed by atoms with E-state index in [1.807, 2.05) is 59.4 Å². The largest absolute Gasteiger partial charge is 0.287 e. The normalized spacial score (nSPS) is 11.5. The van der Waals surface area contributed by atoms with E-state index in [1.54, 1.807) is 0 Å². The van der Waals surface area contributed by atoms with Gasteiger partial charge in [0.05, 0.1) is 0 Å². The molecule has 0 unspecified atom stereocenters. The van der Waals surface area contributed by atoms with E-state index in [0.29, 0.717) is 12.3 Å². The Balaban J connectivity index is 0.000000355. The zero-order chi connectivity index (χ0) is 46.4. The van der Waals surface area contributed by atoms with Gasteiger partial charge in [0.15, 0.2) is 82.2 Å². The highest BCUT2D eigenvalue weighted by atomic mass is 32.1. The van der Waals surface area contributed by atoms with Crippen molar-refractivity contribution in [2.24, 2.45) is 0 Å². The molecule has 0 radical (unpaired) electrons. The molecule has 0 spiro atoms. The van der Waals surface area contributed by atoms with Crippen molar-refractivity contribution in [1.82, 2.24) is 0 Å². The van der Waals surface area contributed by atoms with Gasteiger partial charge < -0.3 is 0 Å². The van der Waals surface area contributed by atoms with Crippen molar-refractivity contribution < 1.29 is 97.2 Å². The van der Waals surface area contributed by atoms with E-state index in [9.17, 15) is 57.5 Å². The number of rotatable bonds is 8. The fourth-order valence-electron chi connectivity index (χ4n) is 6.45. The Hall–Kier alpha value is -6.07. The SMILES string of the molecule is Fc1c(F)c(F)c([B-](c2c(F)c(F)c(F)c(F)c2F)(c2c(F)c(F)c(F)c(F)c2F)c2c(F)c(F)c(F)c(F)c2F)c(F)c1F.O=C(C[n+]1ccc(CS)cc1)c1ccccc1. The first-order valence-electron chi connectivity index (χ1n) is 16.4. The van der Waals surface area contributed by atoms with E-state index in [-0.39, 0.29) is 5.78 Å². The van der Waals surface area contributed by atoms with E-state index >= 15 is 35.1 Å². The lowest BCUT2D eigenvalue weighted by molar-refractivity contribution is -0.683. The van der Waals surface area contributed by atoms with Gasteiger partial charge >= 0.3 is 0 Å². The molecule has 0 atom stereocenters. The van der Waals surface area contributed by atoms with Crippen LogP contribution in [0.1, 0.15) is 15.9 Å². The number of carbonyl (C=O) groups excluding carboxylic acids is 1. The third kappa shape index (κ3) is 7.50. The number of thiol groups is 1.